The van der Waals surface area contributed by atoms with Crippen LogP contribution in [0.2, 0.25) is 0 Å². The van der Waals surface area contributed by atoms with E-state index in [-0.39, 0.29) is 28.7 Å². The number of carbonyl (C=O) groups excluding carboxylic acids is 1. The molecule has 28 heavy (non-hydrogen) atoms. The number of pyridine rings is 1. The molecule has 1 unspecified atom stereocenters. The molecular weight excluding hydrogens is 382 g/mol. The summed E-state index contributed by atoms with van der Waals surface area (Å²) in [7, 11) is -2.61. The summed E-state index contributed by atoms with van der Waals surface area (Å²) in [5.41, 5.74) is 0.242. The Balaban J connectivity index is 2.42. The first-order valence-corrected chi connectivity index (χ1v) is 10.2. The number of nitrogens with zero attached hydrogens (tertiary/aromatic N) is 2. The van der Waals surface area contributed by atoms with Gasteiger partial charge in [0.05, 0.1) is 36.9 Å². The minimum Gasteiger partial charge on any atom is -0.495 e. The molecule has 9 heteroatoms. The normalized spacial score (nSPS) is 12.5. The van der Waals surface area contributed by atoms with Crippen molar-refractivity contribution in [3.05, 3.63) is 48.3 Å². The molecule has 0 saturated carbocycles. The number of ether oxygens (including phenoxy) is 1. The highest BCUT2D eigenvalue weighted by molar-refractivity contribution is 7.92. The summed E-state index contributed by atoms with van der Waals surface area (Å²) in [6, 6.07) is 7.24. The van der Waals surface area contributed by atoms with Crippen LogP contribution in [0.1, 0.15) is 31.1 Å². The van der Waals surface area contributed by atoms with Crippen LogP contribution in [0.5, 0.6) is 5.75 Å². The minimum atomic E-state index is -4.06. The predicted molar refractivity (Wildman–Crippen MR) is 106 cm³/mol. The molecule has 152 valence electrons. The second-order valence-corrected chi connectivity index (χ2v) is 8.27. The molecule has 0 saturated heterocycles. The van der Waals surface area contributed by atoms with Crippen LogP contribution in [0.15, 0.2) is 47.6 Å². The van der Waals surface area contributed by atoms with Crippen LogP contribution < -0.4 is 9.46 Å². The summed E-state index contributed by atoms with van der Waals surface area (Å²) in [6.07, 6.45) is 2.06. The molecule has 0 radical (unpaired) electrons. The lowest BCUT2D eigenvalue weighted by Crippen LogP contribution is -2.42. The number of hydrogen-bond acceptors (Lipinski definition) is 6. The van der Waals surface area contributed by atoms with E-state index in [1.54, 1.807) is 32.9 Å². The maximum Gasteiger partial charge on any atom is 0.262 e. The first-order chi connectivity index (χ1) is 13.2. The van der Waals surface area contributed by atoms with Gasteiger partial charge in [0.15, 0.2) is 0 Å². The number of aliphatic hydroxyl groups is 1. The third kappa shape index (κ3) is 5.20. The van der Waals surface area contributed by atoms with Gasteiger partial charge in [-0.1, -0.05) is 12.1 Å². The van der Waals surface area contributed by atoms with Crippen LogP contribution in [-0.4, -0.2) is 55.1 Å². The van der Waals surface area contributed by atoms with Gasteiger partial charge in [-0.2, -0.15) is 0 Å². The lowest BCUT2D eigenvalue weighted by molar-refractivity contribution is 0.0575. The lowest BCUT2D eigenvalue weighted by atomic mass is 10.1. The van der Waals surface area contributed by atoms with E-state index < -0.39 is 22.0 Å². The first kappa shape index (κ1) is 21.6. The van der Waals surface area contributed by atoms with E-state index in [1.807, 2.05) is 0 Å². The van der Waals surface area contributed by atoms with Gasteiger partial charge in [0.25, 0.3) is 15.9 Å². The monoisotopic (exact) mass is 407 g/mol. The number of rotatable bonds is 8. The van der Waals surface area contributed by atoms with Crippen molar-refractivity contribution >= 4 is 21.6 Å². The van der Waals surface area contributed by atoms with Crippen molar-refractivity contribution < 1.29 is 23.1 Å². The van der Waals surface area contributed by atoms with Gasteiger partial charge in [0.2, 0.25) is 0 Å². The summed E-state index contributed by atoms with van der Waals surface area (Å²) >= 11 is 0. The van der Waals surface area contributed by atoms with Crippen LogP contribution in [0.25, 0.3) is 0 Å². The number of carbonyl (C=O) groups is 1. The zero-order valence-electron chi connectivity index (χ0n) is 16.3. The summed E-state index contributed by atoms with van der Waals surface area (Å²) in [4.78, 5) is 18.2. The largest absolute Gasteiger partial charge is 0.495 e. The molecule has 0 spiro atoms. The molecule has 0 fully saturated rings. The van der Waals surface area contributed by atoms with Crippen molar-refractivity contribution in [2.24, 2.45) is 0 Å². The van der Waals surface area contributed by atoms with Crippen molar-refractivity contribution in [1.29, 1.82) is 0 Å². The average molecular weight is 407 g/mol. The zero-order valence-corrected chi connectivity index (χ0v) is 17.1. The highest BCUT2D eigenvalue weighted by atomic mass is 32.2. The summed E-state index contributed by atoms with van der Waals surface area (Å²) in [6.45, 7) is 5.27. The van der Waals surface area contributed by atoms with Gasteiger partial charge in [0, 0.05) is 18.7 Å². The molecule has 0 aliphatic rings. The third-order valence-corrected chi connectivity index (χ3v) is 5.39. The zero-order chi connectivity index (χ0) is 20.9. The van der Waals surface area contributed by atoms with Crippen molar-refractivity contribution in [3.8, 4) is 5.75 Å². The Hall–Kier alpha value is -2.65. The van der Waals surface area contributed by atoms with E-state index in [4.69, 9.17) is 4.74 Å². The number of hydrogen-bond donors (Lipinski definition) is 2. The quantitative estimate of drug-likeness (QED) is 0.694. The number of nitrogens with one attached hydrogen (secondary N) is 1. The van der Waals surface area contributed by atoms with Crippen LogP contribution >= 0.6 is 0 Å². The fraction of sp³-hybridized carbons (Fsp3) is 0.368. The molecule has 1 aromatic heterocycles. The van der Waals surface area contributed by atoms with E-state index >= 15 is 0 Å². The van der Waals surface area contributed by atoms with Crippen LogP contribution in [-0.2, 0) is 10.0 Å². The molecule has 0 aliphatic carbocycles. The molecule has 1 heterocycles. The maximum absolute atomic E-state index is 13.0. The molecular formula is C19H25N3O5S. The number of amides is 1. The molecule has 0 bridgehead atoms. The van der Waals surface area contributed by atoms with Gasteiger partial charge in [-0.3, -0.25) is 14.5 Å². The second-order valence-electron chi connectivity index (χ2n) is 6.62. The molecule has 0 aliphatic heterocycles. The van der Waals surface area contributed by atoms with E-state index in [0.717, 1.165) is 0 Å². The van der Waals surface area contributed by atoms with Crippen LogP contribution in [0.3, 0.4) is 0 Å². The smallest absolute Gasteiger partial charge is 0.262 e. The minimum absolute atomic E-state index is 0.0280. The fourth-order valence-corrected chi connectivity index (χ4v) is 3.88. The Morgan fingerprint density at radius 1 is 1.25 bits per heavy atom. The number of anilines is 1. The summed E-state index contributed by atoms with van der Waals surface area (Å²) < 4.78 is 33.4. The fourth-order valence-electron chi connectivity index (χ4n) is 2.64. The second kappa shape index (κ2) is 9.03. The molecule has 2 aromatic rings. The van der Waals surface area contributed by atoms with Gasteiger partial charge in [-0.25, -0.2) is 8.42 Å². The van der Waals surface area contributed by atoms with Gasteiger partial charge < -0.3 is 14.7 Å². The third-order valence-electron chi connectivity index (χ3n) is 3.95. The van der Waals surface area contributed by atoms with Gasteiger partial charge in [0.1, 0.15) is 10.6 Å². The predicted octanol–water partition coefficient (Wildman–Crippen LogP) is 2.12. The lowest BCUT2D eigenvalue weighted by Gasteiger charge is -2.28. The average Bonchev–Trinajstić information content (AvgIpc) is 2.65. The van der Waals surface area contributed by atoms with E-state index in [1.165, 1.54) is 42.6 Å². The molecule has 2 rings (SSSR count). The molecule has 2 N–H and O–H groups in total. The molecule has 1 aromatic carbocycles. The Kier molecular flexibility index (Phi) is 6.98. The van der Waals surface area contributed by atoms with Crippen molar-refractivity contribution in [2.75, 3.05) is 18.4 Å². The molecule has 1 atom stereocenters. The van der Waals surface area contributed by atoms with Crippen molar-refractivity contribution in [1.82, 2.24) is 9.88 Å². The number of aromatic nitrogens is 1. The standard InChI is InChI=1S/C19H25N3O5S/c1-13(2)22(12-14(3)23)19(24)17-7-5-6-8-18(17)28(25,26)21-15-9-16(27-4)11-20-10-15/h5-11,13-14,21,23H,12H2,1-4H3. The SMILES string of the molecule is COc1cncc(NS(=O)(=O)c2ccccc2C(=O)N(CC(C)O)C(C)C)c1. The molecule has 1 amide bonds. The van der Waals surface area contributed by atoms with Gasteiger partial charge in [-0.15, -0.1) is 0 Å². The number of methoxy groups -OCH3 is 1. The van der Waals surface area contributed by atoms with Gasteiger partial charge >= 0.3 is 0 Å². The van der Waals surface area contributed by atoms with Crippen LogP contribution in [0, 0.1) is 0 Å². The van der Waals surface area contributed by atoms with E-state index in [9.17, 15) is 18.3 Å². The summed E-state index contributed by atoms with van der Waals surface area (Å²) in [5, 5.41) is 9.70. The summed E-state index contributed by atoms with van der Waals surface area (Å²) in [5.74, 6) is -0.0758. The van der Waals surface area contributed by atoms with E-state index in [0.29, 0.717) is 5.75 Å². The molecule has 8 nitrogen and oxygen atoms in total. The number of aliphatic hydroxyl groups excluding tert-OH is 1. The van der Waals surface area contributed by atoms with Crippen molar-refractivity contribution in [3.63, 3.8) is 0 Å². The van der Waals surface area contributed by atoms with E-state index in [2.05, 4.69) is 9.71 Å². The Bertz CT molecular complexity index is 929. The van der Waals surface area contributed by atoms with Crippen molar-refractivity contribution in [2.45, 2.75) is 37.8 Å². The van der Waals surface area contributed by atoms with Crippen LogP contribution in [0.4, 0.5) is 5.69 Å². The Morgan fingerprint density at radius 2 is 1.93 bits per heavy atom. The topological polar surface area (TPSA) is 109 Å². The maximum atomic E-state index is 13.0. The number of sulfonamides is 1. The highest BCUT2D eigenvalue weighted by Gasteiger charge is 2.27. The number of benzene rings is 1. The Labute approximate surface area is 165 Å². The Morgan fingerprint density at radius 3 is 2.54 bits per heavy atom. The highest BCUT2D eigenvalue weighted by Crippen LogP contribution is 2.23. The first-order valence-electron chi connectivity index (χ1n) is 8.75. The van der Waals surface area contributed by atoms with Gasteiger partial charge in [-0.05, 0) is 32.9 Å².